The second-order valence-electron chi connectivity index (χ2n) is 4.63. The average Bonchev–Trinajstić information content (AvgIpc) is 3.10. The fraction of sp³-hybridized carbons (Fsp3) is 0. The van der Waals surface area contributed by atoms with Gasteiger partial charge in [0.2, 0.25) is 0 Å². The smallest absolute Gasteiger partial charge is 0.118 e. The topological polar surface area (TPSA) is 57.4 Å². The van der Waals surface area contributed by atoms with Crippen LogP contribution in [0.2, 0.25) is 0 Å². The van der Waals surface area contributed by atoms with E-state index in [1.54, 1.807) is 0 Å². The zero-order chi connectivity index (χ0) is 13.4. The van der Waals surface area contributed by atoms with Crippen LogP contribution in [0.4, 0.5) is 0 Å². The molecule has 4 rings (SSSR count). The van der Waals surface area contributed by atoms with E-state index in [-0.39, 0.29) is 0 Å². The summed E-state index contributed by atoms with van der Waals surface area (Å²) in [5.41, 5.74) is 5.82. The molecule has 4 heteroatoms. The van der Waals surface area contributed by atoms with Crippen molar-refractivity contribution in [3.05, 3.63) is 60.7 Å². The van der Waals surface area contributed by atoms with Crippen molar-refractivity contribution in [2.45, 2.75) is 0 Å². The first kappa shape index (κ1) is 11.0. The fourth-order valence-corrected chi connectivity index (χ4v) is 2.40. The highest BCUT2D eigenvalue weighted by molar-refractivity contribution is 5.97. The molecule has 0 fully saturated rings. The summed E-state index contributed by atoms with van der Waals surface area (Å²) in [4.78, 5) is 0. The minimum atomic E-state index is 0.898. The molecule has 4 nitrogen and oxygen atoms in total. The molecule has 0 spiro atoms. The Kier molecular flexibility index (Phi) is 2.39. The van der Waals surface area contributed by atoms with Gasteiger partial charge in [-0.1, -0.05) is 60.7 Å². The average molecular weight is 260 g/mol. The summed E-state index contributed by atoms with van der Waals surface area (Å²) in [7, 11) is 0. The molecule has 0 saturated heterocycles. The number of hydrogen-bond acceptors (Lipinski definition) is 2. The van der Waals surface area contributed by atoms with Gasteiger partial charge in [-0.05, 0) is 0 Å². The number of aromatic amines is 2. The standard InChI is InChI=1S/C16H12N4/c1-3-7-11(8-4-1)13-15-16(20-17-13)14(18-19-15)12-9-5-2-6-10-12/h1-10H,(H,17,20)(H,18,19). The molecule has 0 unspecified atom stereocenters. The molecule has 0 saturated carbocycles. The predicted molar refractivity (Wildman–Crippen MR) is 79.1 cm³/mol. The molecule has 0 atom stereocenters. The Morgan fingerprint density at radius 2 is 0.950 bits per heavy atom. The number of nitrogens with one attached hydrogen (secondary N) is 2. The summed E-state index contributed by atoms with van der Waals surface area (Å²) in [6.07, 6.45) is 0. The Hall–Kier alpha value is -2.88. The Balaban J connectivity index is 1.91. The SMILES string of the molecule is c1ccc(-c2n[nH]c3c(-c4ccccc4)n[nH]c23)cc1. The third-order valence-electron chi connectivity index (χ3n) is 3.38. The fourth-order valence-electron chi connectivity index (χ4n) is 2.40. The van der Waals surface area contributed by atoms with E-state index < -0.39 is 0 Å². The molecular weight excluding hydrogens is 248 g/mol. The van der Waals surface area contributed by atoms with Crippen LogP contribution in [0.25, 0.3) is 33.5 Å². The summed E-state index contributed by atoms with van der Waals surface area (Å²) in [6.45, 7) is 0. The number of fused-ring (bicyclic) bond motifs is 1. The Labute approximate surface area is 115 Å². The summed E-state index contributed by atoms with van der Waals surface area (Å²) in [5, 5.41) is 15.0. The first-order chi connectivity index (χ1) is 9.93. The van der Waals surface area contributed by atoms with Gasteiger partial charge in [-0.3, -0.25) is 10.2 Å². The zero-order valence-corrected chi connectivity index (χ0v) is 10.7. The van der Waals surface area contributed by atoms with Crippen molar-refractivity contribution >= 4 is 11.0 Å². The molecule has 96 valence electrons. The number of rotatable bonds is 2. The van der Waals surface area contributed by atoms with Gasteiger partial charge in [0.1, 0.15) is 22.4 Å². The molecule has 0 bridgehead atoms. The number of nitrogens with zero attached hydrogens (tertiary/aromatic N) is 2. The van der Waals surface area contributed by atoms with E-state index in [9.17, 15) is 0 Å². The van der Waals surface area contributed by atoms with E-state index in [0.717, 1.165) is 33.5 Å². The van der Waals surface area contributed by atoms with E-state index >= 15 is 0 Å². The molecule has 0 radical (unpaired) electrons. The van der Waals surface area contributed by atoms with Crippen molar-refractivity contribution in [3.63, 3.8) is 0 Å². The highest BCUT2D eigenvalue weighted by Crippen LogP contribution is 2.30. The maximum atomic E-state index is 4.42. The molecule has 20 heavy (non-hydrogen) atoms. The van der Waals surface area contributed by atoms with E-state index in [2.05, 4.69) is 20.4 Å². The van der Waals surface area contributed by atoms with Gasteiger partial charge in [0, 0.05) is 11.1 Å². The zero-order valence-electron chi connectivity index (χ0n) is 10.7. The molecule has 0 aliphatic rings. The van der Waals surface area contributed by atoms with Crippen molar-refractivity contribution in [2.24, 2.45) is 0 Å². The minimum absolute atomic E-state index is 0.898. The van der Waals surface area contributed by atoms with Crippen LogP contribution in [0.1, 0.15) is 0 Å². The first-order valence-electron chi connectivity index (χ1n) is 6.47. The molecule has 0 aliphatic carbocycles. The van der Waals surface area contributed by atoms with Gasteiger partial charge < -0.3 is 0 Å². The van der Waals surface area contributed by atoms with E-state index in [4.69, 9.17) is 0 Å². The van der Waals surface area contributed by atoms with Crippen LogP contribution in [-0.2, 0) is 0 Å². The quantitative estimate of drug-likeness (QED) is 0.578. The Morgan fingerprint density at radius 3 is 1.35 bits per heavy atom. The van der Waals surface area contributed by atoms with Crippen LogP contribution in [0.3, 0.4) is 0 Å². The lowest BCUT2D eigenvalue weighted by Crippen LogP contribution is -1.81. The van der Waals surface area contributed by atoms with Gasteiger partial charge in [0.15, 0.2) is 0 Å². The summed E-state index contributed by atoms with van der Waals surface area (Å²) in [5.74, 6) is 0. The van der Waals surface area contributed by atoms with Crippen molar-refractivity contribution < 1.29 is 0 Å². The number of benzene rings is 2. The lowest BCUT2D eigenvalue weighted by molar-refractivity contribution is 1.08. The molecular formula is C16H12N4. The normalized spacial score (nSPS) is 11.0. The molecule has 2 aromatic heterocycles. The highest BCUT2D eigenvalue weighted by Gasteiger charge is 2.15. The largest absolute Gasteiger partial charge is 0.273 e. The van der Waals surface area contributed by atoms with E-state index in [1.165, 1.54) is 0 Å². The van der Waals surface area contributed by atoms with Crippen molar-refractivity contribution in [3.8, 4) is 22.5 Å². The van der Waals surface area contributed by atoms with Crippen molar-refractivity contribution in [1.29, 1.82) is 0 Å². The van der Waals surface area contributed by atoms with Gasteiger partial charge >= 0.3 is 0 Å². The summed E-state index contributed by atoms with van der Waals surface area (Å²) in [6, 6.07) is 20.2. The molecule has 2 heterocycles. The second-order valence-corrected chi connectivity index (χ2v) is 4.63. The van der Waals surface area contributed by atoms with Gasteiger partial charge in [0.25, 0.3) is 0 Å². The maximum Gasteiger partial charge on any atom is 0.118 e. The molecule has 2 N–H and O–H groups in total. The van der Waals surface area contributed by atoms with E-state index in [0.29, 0.717) is 0 Å². The lowest BCUT2D eigenvalue weighted by atomic mass is 10.1. The molecule has 4 aromatic rings. The van der Waals surface area contributed by atoms with Crippen molar-refractivity contribution in [1.82, 2.24) is 20.4 Å². The van der Waals surface area contributed by atoms with Gasteiger partial charge in [0.05, 0.1) is 0 Å². The van der Waals surface area contributed by atoms with Crippen LogP contribution < -0.4 is 0 Å². The first-order valence-corrected chi connectivity index (χ1v) is 6.47. The number of hydrogen-bond donors (Lipinski definition) is 2. The highest BCUT2D eigenvalue weighted by atomic mass is 15.2. The number of H-pyrrole nitrogens is 2. The van der Waals surface area contributed by atoms with Crippen molar-refractivity contribution in [2.75, 3.05) is 0 Å². The monoisotopic (exact) mass is 260 g/mol. The maximum absolute atomic E-state index is 4.42. The molecule has 0 aliphatic heterocycles. The second kappa shape index (κ2) is 4.35. The Bertz CT molecular complexity index is 770. The molecule has 0 amide bonds. The van der Waals surface area contributed by atoms with Crippen LogP contribution in [-0.4, -0.2) is 20.4 Å². The minimum Gasteiger partial charge on any atom is -0.273 e. The van der Waals surface area contributed by atoms with Gasteiger partial charge in [-0.2, -0.15) is 10.2 Å². The molecule has 2 aromatic carbocycles. The number of aromatic nitrogens is 4. The third-order valence-corrected chi connectivity index (χ3v) is 3.38. The van der Waals surface area contributed by atoms with Crippen LogP contribution in [0, 0.1) is 0 Å². The predicted octanol–water partition coefficient (Wildman–Crippen LogP) is 3.62. The van der Waals surface area contributed by atoms with Crippen LogP contribution in [0.5, 0.6) is 0 Å². The van der Waals surface area contributed by atoms with Crippen LogP contribution >= 0.6 is 0 Å². The van der Waals surface area contributed by atoms with Crippen LogP contribution in [0.15, 0.2) is 60.7 Å². The third kappa shape index (κ3) is 1.62. The van der Waals surface area contributed by atoms with Gasteiger partial charge in [-0.25, -0.2) is 0 Å². The Morgan fingerprint density at radius 1 is 0.550 bits per heavy atom. The summed E-state index contributed by atoms with van der Waals surface area (Å²) >= 11 is 0. The van der Waals surface area contributed by atoms with E-state index in [1.807, 2.05) is 60.7 Å². The van der Waals surface area contributed by atoms with Gasteiger partial charge in [-0.15, -0.1) is 0 Å². The summed E-state index contributed by atoms with van der Waals surface area (Å²) < 4.78 is 0. The lowest BCUT2D eigenvalue weighted by Gasteiger charge is -1.93.